The lowest BCUT2D eigenvalue weighted by atomic mass is 10.1. The zero-order chi connectivity index (χ0) is 7.40. The lowest BCUT2D eigenvalue weighted by molar-refractivity contribution is 0.945. The fourth-order valence-corrected chi connectivity index (χ4v) is 0.976. The third kappa shape index (κ3) is 1.33. The van der Waals surface area contributed by atoms with Crippen molar-refractivity contribution in [2.24, 2.45) is 5.73 Å². The molecule has 0 fully saturated rings. The minimum Gasteiger partial charge on any atom is -0.326 e. The van der Waals surface area contributed by atoms with E-state index in [4.69, 9.17) is 5.73 Å². The van der Waals surface area contributed by atoms with Gasteiger partial charge in [-0.15, -0.1) is 0 Å². The Bertz CT molecular complexity index is 185. The molecule has 0 unspecified atom stereocenters. The molecule has 0 saturated heterocycles. The normalized spacial score (nSPS) is 9.80. The van der Waals surface area contributed by atoms with E-state index in [0.717, 1.165) is 17.7 Å². The highest BCUT2D eigenvalue weighted by Gasteiger charge is 1.95. The van der Waals surface area contributed by atoms with Gasteiger partial charge in [-0.3, -0.25) is 4.98 Å². The van der Waals surface area contributed by atoms with E-state index in [1.807, 2.05) is 12.1 Å². The fraction of sp³-hybridized carbons (Fsp3) is 0.375. The first-order valence-corrected chi connectivity index (χ1v) is 3.51. The van der Waals surface area contributed by atoms with Crippen LogP contribution in [0, 0.1) is 0 Å². The predicted octanol–water partition coefficient (Wildman–Crippen LogP) is 1.10. The largest absolute Gasteiger partial charge is 0.326 e. The summed E-state index contributed by atoms with van der Waals surface area (Å²) in [5, 5.41) is 0. The average molecular weight is 136 g/mol. The molecule has 1 rings (SSSR count). The van der Waals surface area contributed by atoms with Crippen LogP contribution < -0.4 is 5.73 Å². The van der Waals surface area contributed by atoms with Crippen LogP contribution in [0.1, 0.15) is 18.2 Å². The molecule has 0 radical (unpaired) electrons. The number of rotatable bonds is 2. The first-order chi connectivity index (χ1) is 4.88. The Labute approximate surface area is 61.1 Å². The number of aryl methyl sites for hydroxylation is 1. The van der Waals surface area contributed by atoms with E-state index in [1.54, 1.807) is 6.20 Å². The molecule has 0 amide bonds. The van der Waals surface area contributed by atoms with Crippen LogP contribution in [-0.2, 0) is 13.0 Å². The van der Waals surface area contributed by atoms with Crippen molar-refractivity contribution in [3.63, 3.8) is 0 Å². The molecule has 1 heterocycles. The maximum Gasteiger partial charge on any atom is 0.0445 e. The maximum atomic E-state index is 5.49. The molecule has 0 aliphatic carbocycles. The van der Waals surface area contributed by atoms with Crippen molar-refractivity contribution in [1.29, 1.82) is 0 Å². The molecule has 2 nitrogen and oxygen atoms in total. The first kappa shape index (κ1) is 7.22. The Kier molecular flexibility index (Phi) is 2.40. The van der Waals surface area contributed by atoms with E-state index < -0.39 is 0 Å². The van der Waals surface area contributed by atoms with Gasteiger partial charge in [0, 0.05) is 18.4 Å². The molecule has 10 heavy (non-hydrogen) atoms. The molecular formula is C8H12N2. The Hall–Kier alpha value is -0.890. The molecule has 0 aromatic carbocycles. The van der Waals surface area contributed by atoms with Gasteiger partial charge < -0.3 is 5.73 Å². The van der Waals surface area contributed by atoms with E-state index in [2.05, 4.69) is 11.9 Å². The van der Waals surface area contributed by atoms with Crippen molar-refractivity contribution in [2.45, 2.75) is 19.9 Å². The number of nitrogens with two attached hydrogens (primary N) is 1. The Morgan fingerprint density at radius 3 is 2.90 bits per heavy atom. The summed E-state index contributed by atoms with van der Waals surface area (Å²) >= 11 is 0. The van der Waals surface area contributed by atoms with Crippen molar-refractivity contribution in [3.8, 4) is 0 Å². The molecule has 0 bridgehead atoms. The summed E-state index contributed by atoms with van der Waals surface area (Å²) in [5.74, 6) is 0. The predicted molar refractivity (Wildman–Crippen MR) is 41.5 cm³/mol. The van der Waals surface area contributed by atoms with Crippen LogP contribution in [0.5, 0.6) is 0 Å². The summed E-state index contributed by atoms with van der Waals surface area (Å²) in [5.41, 5.74) is 7.76. The van der Waals surface area contributed by atoms with Crippen molar-refractivity contribution in [3.05, 3.63) is 29.6 Å². The van der Waals surface area contributed by atoms with Gasteiger partial charge in [0.05, 0.1) is 0 Å². The number of hydrogen-bond donors (Lipinski definition) is 1. The number of pyridine rings is 1. The molecule has 1 aromatic heterocycles. The molecular weight excluding hydrogens is 124 g/mol. The van der Waals surface area contributed by atoms with E-state index in [-0.39, 0.29) is 0 Å². The monoisotopic (exact) mass is 136 g/mol. The number of aromatic nitrogens is 1. The van der Waals surface area contributed by atoms with Crippen LogP contribution in [0.2, 0.25) is 0 Å². The molecule has 0 aliphatic rings. The number of hydrogen-bond acceptors (Lipinski definition) is 2. The van der Waals surface area contributed by atoms with Gasteiger partial charge in [0.2, 0.25) is 0 Å². The second kappa shape index (κ2) is 3.32. The zero-order valence-electron chi connectivity index (χ0n) is 6.17. The molecule has 0 atom stereocenters. The maximum absolute atomic E-state index is 5.49. The highest BCUT2D eigenvalue weighted by atomic mass is 14.7. The summed E-state index contributed by atoms with van der Waals surface area (Å²) in [6.07, 6.45) is 2.77. The van der Waals surface area contributed by atoms with Crippen LogP contribution in [0.15, 0.2) is 18.3 Å². The lowest BCUT2D eigenvalue weighted by Gasteiger charge is -2.01. The number of nitrogens with zero attached hydrogens (tertiary/aromatic N) is 1. The molecule has 0 aliphatic heterocycles. The van der Waals surface area contributed by atoms with Crippen LogP contribution in [-0.4, -0.2) is 4.98 Å². The molecule has 2 N–H and O–H groups in total. The minimum atomic E-state index is 0.594. The lowest BCUT2D eigenvalue weighted by Crippen LogP contribution is -2.01. The van der Waals surface area contributed by atoms with Crippen LogP contribution in [0.4, 0.5) is 0 Å². The Morgan fingerprint density at radius 1 is 1.60 bits per heavy atom. The third-order valence-electron chi connectivity index (χ3n) is 1.54. The Morgan fingerprint density at radius 2 is 2.40 bits per heavy atom. The van der Waals surface area contributed by atoms with Crippen molar-refractivity contribution >= 4 is 0 Å². The smallest absolute Gasteiger partial charge is 0.0445 e. The molecule has 0 saturated carbocycles. The zero-order valence-corrected chi connectivity index (χ0v) is 6.17. The van der Waals surface area contributed by atoms with Crippen LogP contribution in [0.3, 0.4) is 0 Å². The van der Waals surface area contributed by atoms with Crippen LogP contribution >= 0.6 is 0 Å². The summed E-state index contributed by atoms with van der Waals surface area (Å²) in [7, 11) is 0. The average Bonchev–Trinajstić information content (AvgIpc) is 2.04. The van der Waals surface area contributed by atoms with Crippen molar-refractivity contribution in [1.82, 2.24) is 4.98 Å². The van der Waals surface area contributed by atoms with Gasteiger partial charge in [0.15, 0.2) is 0 Å². The summed E-state index contributed by atoms with van der Waals surface area (Å²) in [6, 6.07) is 3.94. The molecule has 0 spiro atoms. The molecule has 54 valence electrons. The van der Waals surface area contributed by atoms with E-state index in [9.17, 15) is 0 Å². The third-order valence-corrected chi connectivity index (χ3v) is 1.54. The Balaban J connectivity index is 2.96. The second-order valence-corrected chi connectivity index (χ2v) is 2.17. The summed E-state index contributed by atoms with van der Waals surface area (Å²) in [6.45, 7) is 2.68. The van der Waals surface area contributed by atoms with Gasteiger partial charge in [-0.25, -0.2) is 0 Å². The quantitative estimate of drug-likeness (QED) is 0.661. The van der Waals surface area contributed by atoms with Gasteiger partial charge in [-0.05, 0) is 18.1 Å². The van der Waals surface area contributed by atoms with Gasteiger partial charge in [0.25, 0.3) is 0 Å². The SMILES string of the molecule is CCc1ncccc1CN. The van der Waals surface area contributed by atoms with Gasteiger partial charge in [-0.2, -0.15) is 0 Å². The van der Waals surface area contributed by atoms with E-state index in [1.165, 1.54) is 0 Å². The van der Waals surface area contributed by atoms with Crippen molar-refractivity contribution in [2.75, 3.05) is 0 Å². The molecule has 1 aromatic rings. The fourth-order valence-electron chi connectivity index (χ4n) is 0.976. The molecule has 2 heteroatoms. The minimum absolute atomic E-state index is 0.594. The highest BCUT2D eigenvalue weighted by Crippen LogP contribution is 2.03. The highest BCUT2D eigenvalue weighted by molar-refractivity contribution is 5.18. The standard InChI is InChI=1S/C8H12N2/c1-2-8-7(6-9)4-3-5-10-8/h3-5H,2,6,9H2,1H3. The topological polar surface area (TPSA) is 38.9 Å². The first-order valence-electron chi connectivity index (χ1n) is 3.51. The second-order valence-electron chi connectivity index (χ2n) is 2.17. The van der Waals surface area contributed by atoms with E-state index >= 15 is 0 Å². The van der Waals surface area contributed by atoms with Crippen molar-refractivity contribution < 1.29 is 0 Å². The van der Waals surface area contributed by atoms with Gasteiger partial charge in [-0.1, -0.05) is 13.0 Å². The van der Waals surface area contributed by atoms with Gasteiger partial charge >= 0.3 is 0 Å². The summed E-state index contributed by atoms with van der Waals surface area (Å²) in [4.78, 5) is 4.19. The summed E-state index contributed by atoms with van der Waals surface area (Å²) < 4.78 is 0. The van der Waals surface area contributed by atoms with Gasteiger partial charge in [0.1, 0.15) is 0 Å². The van der Waals surface area contributed by atoms with E-state index in [0.29, 0.717) is 6.54 Å². The van der Waals surface area contributed by atoms with Crippen LogP contribution in [0.25, 0.3) is 0 Å².